The Morgan fingerprint density at radius 3 is 2.80 bits per heavy atom. The molecule has 0 radical (unpaired) electrons. The number of H-pyrrole nitrogens is 1. The normalized spacial score (nSPS) is 12.4. The minimum Gasteiger partial charge on any atom is -0.394 e. The van der Waals surface area contributed by atoms with Crippen LogP contribution in [-0.4, -0.2) is 38.8 Å². The monoisotopic (exact) mass is 274 g/mol. The summed E-state index contributed by atoms with van der Waals surface area (Å²) in [5, 5.41) is 18.8. The Hall–Kier alpha value is -2.21. The molecule has 0 bridgehead atoms. The molecule has 1 amide bonds. The molecule has 0 aromatic carbocycles. The van der Waals surface area contributed by atoms with Gasteiger partial charge in [-0.3, -0.25) is 14.9 Å². The number of rotatable bonds is 5. The van der Waals surface area contributed by atoms with Gasteiger partial charge in [-0.15, -0.1) is 0 Å². The van der Waals surface area contributed by atoms with Gasteiger partial charge in [-0.1, -0.05) is 19.9 Å². The smallest absolute Gasteiger partial charge is 0.269 e. The number of aliphatic hydroxyl groups is 1. The van der Waals surface area contributed by atoms with Crippen molar-refractivity contribution in [1.29, 1.82) is 0 Å². The molecule has 1 atom stereocenters. The molecule has 0 saturated carbocycles. The minimum atomic E-state index is -0.285. The maximum absolute atomic E-state index is 12.0. The number of aromatic amines is 1. The van der Waals surface area contributed by atoms with Crippen LogP contribution in [0.4, 0.5) is 0 Å². The molecule has 3 N–H and O–H groups in total. The lowest BCUT2D eigenvalue weighted by molar-refractivity contribution is 0.0892. The highest BCUT2D eigenvalue weighted by Gasteiger charge is 2.18. The number of aromatic nitrogens is 3. The molecular formula is C14H18N4O2. The second-order valence-electron chi connectivity index (χ2n) is 4.89. The van der Waals surface area contributed by atoms with E-state index >= 15 is 0 Å². The lowest BCUT2D eigenvalue weighted by Gasteiger charge is -2.19. The van der Waals surface area contributed by atoms with Gasteiger partial charge in [0.25, 0.3) is 5.91 Å². The van der Waals surface area contributed by atoms with E-state index in [1.165, 1.54) is 0 Å². The van der Waals surface area contributed by atoms with Crippen LogP contribution in [0.1, 0.15) is 24.3 Å². The maximum atomic E-state index is 12.0. The van der Waals surface area contributed by atoms with Gasteiger partial charge in [0, 0.05) is 6.20 Å². The summed E-state index contributed by atoms with van der Waals surface area (Å²) in [6.45, 7) is 3.78. The summed E-state index contributed by atoms with van der Waals surface area (Å²) in [6, 6.07) is 6.87. The number of nitrogens with one attached hydrogen (secondary N) is 2. The van der Waals surface area contributed by atoms with Crippen LogP contribution in [0.3, 0.4) is 0 Å². The Balaban J connectivity index is 2.11. The standard InChI is InChI=1S/C14H18N4O2/c1-9(2)13(8-19)16-14(20)12-7-11(17-18-12)10-5-3-4-6-15-10/h3-7,9,13,19H,8H2,1-2H3,(H,16,20)(H,17,18)/t13-/m0/s1. The molecular weight excluding hydrogens is 256 g/mol. The molecule has 0 aliphatic carbocycles. The number of amides is 1. The summed E-state index contributed by atoms with van der Waals surface area (Å²) in [5.74, 6) is -0.130. The van der Waals surface area contributed by atoms with Crippen molar-refractivity contribution in [1.82, 2.24) is 20.5 Å². The fourth-order valence-corrected chi connectivity index (χ4v) is 1.75. The van der Waals surface area contributed by atoms with Crippen LogP contribution in [0.15, 0.2) is 30.5 Å². The summed E-state index contributed by atoms with van der Waals surface area (Å²) in [5.41, 5.74) is 1.66. The molecule has 2 aromatic rings. The predicted octanol–water partition coefficient (Wildman–Crippen LogP) is 1.22. The van der Waals surface area contributed by atoms with Gasteiger partial charge in [0.1, 0.15) is 11.4 Å². The van der Waals surface area contributed by atoms with Crippen molar-refractivity contribution in [2.75, 3.05) is 6.61 Å². The van der Waals surface area contributed by atoms with E-state index in [9.17, 15) is 9.90 Å². The maximum Gasteiger partial charge on any atom is 0.269 e. The number of carbonyl (C=O) groups is 1. The first-order valence-corrected chi connectivity index (χ1v) is 6.50. The predicted molar refractivity (Wildman–Crippen MR) is 75.0 cm³/mol. The zero-order valence-electron chi connectivity index (χ0n) is 11.5. The van der Waals surface area contributed by atoms with Crippen molar-refractivity contribution in [3.8, 4) is 11.4 Å². The summed E-state index contributed by atoms with van der Waals surface area (Å²) in [7, 11) is 0. The molecule has 0 aliphatic heterocycles. The topological polar surface area (TPSA) is 90.9 Å². The first-order valence-electron chi connectivity index (χ1n) is 6.50. The number of hydrogen-bond acceptors (Lipinski definition) is 4. The van der Waals surface area contributed by atoms with Crippen LogP contribution in [0.25, 0.3) is 11.4 Å². The van der Waals surface area contributed by atoms with Crippen LogP contribution in [0.5, 0.6) is 0 Å². The lowest BCUT2D eigenvalue weighted by Crippen LogP contribution is -2.41. The highest BCUT2D eigenvalue weighted by atomic mass is 16.3. The number of carbonyl (C=O) groups excluding carboxylic acids is 1. The van der Waals surface area contributed by atoms with E-state index in [-0.39, 0.29) is 24.5 Å². The molecule has 20 heavy (non-hydrogen) atoms. The fraction of sp³-hybridized carbons (Fsp3) is 0.357. The fourth-order valence-electron chi connectivity index (χ4n) is 1.75. The molecule has 6 heteroatoms. The van der Waals surface area contributed by atoms with E-state index in [1.807, 2.05) is 32.0 Å². The number of pyridine rings is 1. The Morgan fingerprint density at radius 1 is 1.40 bits per heavy atom. The molecule has 0 aliphatic rings. The van der Waals surface area contributed by atoms with Gasteiger partial charge in [0.2, 0.25) is 0 Å². The SMILES string of the molecule is CC(C)[C@H](CO)NC(=O)c1cc(-c2ccccn2)n[nH]1. The van der Waals surface area contributed by atoms with E-state index in [2.05, 4.69) is 20.5 Å². The lowest BCUT2D eigenvalue weighted by atomic mass is 10.1. The third kappa shape index (κ3) is 3.21. The Bertz CT molecular complexity index is 566. The molecule has 2 heterocycles. The largest absolute Gasteiger partial charge is 0.394 e. The number of aliphatic hydroxyl groups excluding tert-OH is 1. The van der Waals surface area contributed by atoms with Crippen molar-refractivity contribution in [2.45, 2.75) is 19.9 Å². The molecule has 0 unspecified atom stereocenters. The van der Waals surface area contributed by atoms with Gasteiger partial charge < -0.3 is 10.4 Å². The Labute approximate surface area is 117 Å². The molecule has 0 fully saturated rings. The first kappa shape index (κ1) is 14.2. The van der Waals surface area contributed by atoms with Crippen molar-refractivity contribution >= 4 is 5.91 Å². The van der Waals surface area contributed by atoms with Gasteiger partial charge >= 0.3 is 0 Å². The zero-order valence-corrected chi connectivity index (χ0v) is 11.5. The molecule has 0 saturated heterocycles. The van der Waals surface area contributed by atoms with Gasteiger partial charge in [0.15, 0.2) is 0 Å². The third-order valence-corrected chi connectivity index (χ3v) is 3.07. The molecule has 0 spiro atoms. The average molecular weight is 274 g/mol. The van der Waals surface area contributed by atoms with Crippen LogP contribution >= 0.6 is 0 Å². The second kappa shape index (κ2) is 6.29. The van der Waals surface area contributed by atoms with E-state index in [0.717, 1.165) is 0 Å². The molecule has 2 aromatic heterocycles. The third-order valence-electron chi connectivity index (χ3n) is 3.07. The minimum absolute atomic E-state index is 0.0926. The van der Waals surface area contributed by atoms with E-state index < -0.39 is 0 Å². The van der Waals surface area contributed by atoms with Crippen LogP contribution in [-0.2, 0) is 0 Å². The quantitative estimate of drug-likeness (QED) is 0.764. The highest BCUT2D eigenvalue weighted by Crippen LogP contribution is 2.14. The summed E-state index contributed by atoms with van der Waals surface area (Å²) in [4.78, 5) is 16.2. The Morgan fingerprint density at radius 2 is 2.20 bits per heavy atom. The summed E-state index contributed by atoms with van der Waals surface area (Å²) >= 11 is 0. The van der Waals surface area contributed by atoms with E-state index in [4.69, 9.17) is 0 Å². The number of hydrogen-bond donors (Lipinski definition) is 3. The van der Waals surface area contributed by atoms with E-state index in [1.54, 1.807) is 12.3 Å². The first-order chi connectivity index (χ1) is 9.61. The van der Waals surface area contributed by atoms with Crippen LogP contribution in [0, 0.1) is 5.92 Å². The molecule has 6 nitrogen and oxygen atoms in total. The average Bonchev–Trinajstić information content (AvgIpc) is 2.95. The zero-order chi connectivity index (χ0) is 14.5. The van der Waals surface area contributed by atoms with Gasteiger partial charge in [0.05, 0.1) is 18.3 Å². The van der Waals surface area contributed by atoms with Crippen LogP contribution < -0.4 is 5.32 Å². The van der Waals surface area contributed by atoms with Crippen molar-refractivity contribution in [3.05, 3.63) is 36.2 Å². The van der Waals surface area contributed by atoms with Crippen molar-refractivity contribution in [3.63, 3.8) is 0 Å². The Kier molecular flexibility index (Phi) is 4.47. The van der Waals surface area contributed by atoms with Crippen molar-refractivity contribution < 1.29 is 9.90 Å². The van der Waals surface area contributed by atoms with Crippen LogP contribution in [0.2, 0.25) is 0 Å². The van der Waals surface area contributed by atoms with Gasteiger partial charge in [-0.25, -0.2) is 0 Å². The highest BCUT2D eigenvalue weighted by molar-refractivity contribution is 5.93. The van der Waals surface area contributed by atoms with E-state index in [0.29, 0.717) is 17.1 Å². The summed E-state index contributed by atoms with van der Waals surface area (Å²) < 4.78 is 0. The molecule has 2 rings (SSSR count). The van der Waals surface area contributed by atoms with Gasteiger partial charge in [-0.05, 0) is 24.1 Å². The van der Waals surface area contributed by atoms with Crippen molar-refractivity contribution in [2.24, 2.45) is 5.92 Å². The second-order valence-corrected chi connectivity index (χ2v) is 4.89. The number of nitrogens with zero attached hydrogens (tertiary/aromatic N) is 2. The summed E-state index contributed by atoms with van der Waals surface area (Å²) in [6.07, 6.45) is 1.67. The van der Waals surface area contributed by atoms with Gasteiger partial charge in [-0.2, -0.15) is 5.10 Å². The molecule has 106 valence electrons.